The van der Waals surface area contributed by atoms with Gasteiger partial charge in [0.25, 0.3) is 0 Å². The summed E-state index contributed by atoms with van der Waals surface area (Å²) in [6.07, 6.45) is 1.56. The van der Waals surface area contributed by atoms with Gasteiger partial charge in [0, 0.05) is 0 Å². The van der Waals surface area contributed by atoms with E-state index < -0.39 is 8.69 Å². The van der Waals surface area contributed by atoms with Crippen molar-refractivity contribution in [1.29, 1.82) is 0 Å². The Morgan fingerprint density at radius 1 is 1.55 bits per heavy atom. The van der Waals surface area contributed by atoms with Gasteiger partial charge in [0.2, 0.25) is 0 Å². The van der Waals surface area contributed by atoms with Crippen molar-refractivity contribution in [1.82, 2.24) is 0 Å². The Hall–Kier alpha value is -0.370. The van der Waals surface area contributed by atoms with Gasteiger partial charge in [-0.1, -0.05) is 18.2 Å². The summed E-state index contributed by atoms with van der Waals surface area (Å²) in [6.45, 7) is 3.75. The number of rotatable bonds is 3. The third kappa shape index (κ3) is 9.63. The van der Waals surface area contributed by atoms with Crippen LogP contribution in [0, 0.1) is 0 Å². The van der Waals surface area contributed by atoms with E-state index in [1.807, 2.05) is 22.9 Å². The summed E-state index contributed by atoms with van der Waals surface area (Å²) >= 11 is 1.71. The zero-order valence-electron chi connectivity index (χ0n) is 6.10. The highest BCUT2D eigenvalue weighted by atomic mass is 32.1. The number of thiophene rings is 1. The Morgan fingerprint density at radius 2 is 2.18 bits per heavy atom. The average Bonchev–Trinajstić information content (AvgIpc) is 2.57. The third-order valence-electron chi connectivity index (χ3n) is 0.707. The first-order valence-electron chi connectivity index (χ1n) is 3.05. The number of hydrogen-bond acceptors (Lipinski definition) is 3. The van der Waals surface area contributed by atoms with Crippen LogP contribution in [0.25, 0.3) is 0 Å². The monoisotopic (exact) mass is 190 g/mol. The van der Waals surface area contributed by atoms with E-state index in [4.69, 9.17) is 0 Å². The molecule has 1 aromatic heterocycles. The summed E-state index contributed by atoms with van der Waals surface area (Å²) in [7, 11) is -1.04. The largest absolute Gasteiger partial charge is 0.328 e. The lowest BCUT2D eigenvalue weighted by atomic mass is 10.7. The van der Waals surface area contributed by atoms with E-state index in [2.05, 4.69) is 11.1 Å². The molecule has 0 fully saturated rings. The molecule has 1 atom stereocenters. The van der Waals surface area contributed by atoms with Gasteiger partial charge in [0.15, 0.2) is 8.69 Å². The van der Waals surface area contributed by atoms with Gasteiger partial charge in [-0.3, -0.25) is 4.57 Å². The van der Waals surface area contributed by atoms with Crippen molar-refractivity contribution in [2.24, 2.45) is 0 Å². The zero-order valence-corrected chi connectivity index (χ0v) is 8.07. The highest BCUT2D eigenvalue weighted by Gasteiger charge is 1.65. The molecule has 0 amide bonds. The van der Waals surface area contributed by atoms with Gasteiger partial charge in [-0.2, -0.15) is 11.3 Å². The van der Waals surface area contributed by atoms with Gasteiger partial charge >= 0.3 is 0 Å². The van der Waals surface area contributed by atoms with Crippen molar-refractivity contribution in [3.63, 3.8) is 0 Å². The fraction of sp³-hybridized carbons (Fsp3) is 0.143. The second-order valence-electron chi connectivity index (χ2n) is 1.51. The zero-order chi connectivity index (χ0) is 8.36. The van der Waals surface area contributed by atoms with Crippen LogP contribution in [0.15, 0.2) is 35.5 Å². The van der Waals surface area contributed by atoms with Crippen molar-refractivity contribution in [2.75, 3.05) is 6.61 Å². The van der Waals surface area contributed by atoms with Crippen molar-refractivity contribution < 1.29 is 9.09 Å². The van der Waals surface area contributed by atoms with Crippen molar-refractivity contribution >= 4 is 20.0 Å². The van der Waals surface area contributed by atoms with Crippen molar-refractivity contribution in [3.8, 4) is 0 Å². The lowest BCUT2D eigenvalue weighted by Gasteiger charge is -1.79. The molecule has 0 bridgehead atoms. The molecule has 0 radical (unpaired) electrons. The molecule has 0 aliphatic rings. The Balaban J connectivity index is 0.000000183. The van der Waals surface area contributed by atoms with Crippen LogP contribution >= 0.6 is 20.0 Å². The molecule has 0 spiro atoms. The second kappa shape index (κ2) is 9.63. The maximum atomic E-state index is 9.50. The van der Waals surface area contributed by atoms with E-state index in [9.17, 15) is 4.57 Å². The Bertz CT molecular complexity index is 149. The van der Waals surface area contributed by atoms with Crippen molar-refractivity contribution in [2.45, 2.75) is 0 Å². The van der Waals surface area contributed by atoms with E-state index in [0.29, 0.717) is 6.61 Å². The maximum Gasteiger partial charge on any atom is 0.180 e. The molecule has 1 aromatic rings. The summed E-state index contributed by atoms with van der Waals surface area (Å²) in [6, 6.07) is 4.04. The minimum Gasteiger partial charge on any atom is -0.328 e. The molecule has 0 saturated carbocycles. The van der Waals surface area contributed by atoms with E-state index in [0.717, 1.165) is 0 Å². The molecule has 1 heterocycles. The minimum absolute atomic E-state index is 0.402. The molecule has 0 aliphatic carbocycles. The van der Waals surface area contributed by atoms with Crippen LogP contribution in [-0.4, -0.2) is 6.61 Å². The van der Waals surface area contributed by atoms with Crippen LogP contribution in [0.2, 0.25) is 0 Å². The summed E-state index contributed by atoms with van der Waals surface area (Å²) in [5.41, 5.74) is 0. The Morgan fingerprint density at radius 3 is 2.36 bits per heavy atom. The first kappa shape index (κ1) is 10.6. The third-order valence-corrected chi connectivity index (χ3v) is 1.66. The van der Waals surface area contributed by atoms with Crippen LogP contribution in [0.3, 0.4) is 0 Å². The standard InChI is InChI=1S/C4H4S.C3H7O2P/c1-2-4-5-3-1;1-2-3-5-6-4/h1-4H;2H,1,3,6H2. The van der Waals surface area contributed by atoms with Gasteiger partial charge < -0.3 is 4.52 Å². The lowest BCUT2D eigenvalue weighted by molar-refractivity contribution is 0.387. The fourth-order valence-corrected chi connectivity index (χ4v) is 1.00. The smallest absolute Gasteiger partial charge is 0.180 e. The molecular formula is C7H11O2PS. The molecule has 1 rings (SSSR count). The lowest BCUT2D eigenvalue weighted by Crippen LogP contribution is -1.69. The number of hydrogen-bond donors (Lipinski definition) is 0. The molecular weight excluding hydrogens is 179 g/mol. The van der Waals surface area contributed by atoms with Gasteiger partial charge in [-0.15, -0.1) is 6.58 Å². The normalized spacial score (nSPS) is 9.09. The average molecular weight is 190 g/mol. The summed E-state index contributed by atoms with van der Waals surface area (Å²) in [4.78, 5) is 0. The SMILES string of the molecule is C=CCO[PH2]=O.c1ccsc1. The van der Waals surface area contributed by atoms with Crippen LogP contribution in [0.1, 0.15) is 0 Å². The molecule has 62 valence electrons. The van der Waals surface area contributed by atoms with Gasteiger partial charge in [-0.05, 0) is 10.8 Å². The maximum absolute atomic E-state index is 9.50. The first-order chi connectivity index (χ1) is 5.41. The van der Waals surface area contributed by atoms with E-state index in [1.165, 1.54) is 0 Å². The molecule has 2 nitrogen and oxygen atoms in total. The summed E-state index contributed by atoms with van der Waals surface area (Å²) in [5.74, 6) is 0. The minimum atomic E-state index is -1.04. The van der Waals surface area contributed by atoms with E-state index >= 15 is 0 Å². The summed E-state index contributed by atoms with van der Waals surface area (Å²) in [5, 5.41) is 4.08. The van der Waals surface area contributed by atoms with Crippen LogP contribution < -0.4 is 0 Å². The van der Waals surface area contributed by atoms with Gasteiger partial charge in [0.05, 0.1) is 6.61 Å². The molecule has 0 aliphatic heterocycles. The molecule has 0 saturated heterocycles. The molecule has 4 heteroatoms. The highest BCUT2D eigenvalue weighted by Crippen LogP contribution is 1.91. The topological polar surface area (TPSA) is 26.3 Å². The van der Waals surface area contributed by atoms with Crippen LogP contribution in [0.4, 0.5) is 0 Å². The fourth-order valence-electron chi connectivity index (χ4n) is 0.334. The molecule has 1 unspecified atom stereocenters. The predicted octanol–water partition coefficient (Wildman–Crippen LogP) is 2.61. The predicted molar refractivity (Wildman–Crippen MR) is 50.9 cm³/mol. The highest BCUT2D eigenvalue weighted by molar-refractivity contribution is 7.17. The van der Waals surface area contributed by atoms with E-state index in [-0.39, 0.29) is 0 Å². The quantitative estimate of drug-likeness (QED) is 0.416. The van der Waals surface area contributed by atoms with Gasteiger partial charge in [0.1, 0.15) is 0 Å². The Labute approximate surface area is 71.8 Å². The Kier molecular flexibility index (Phi) is 9.31. The molecule has 0 aromatic carbocycles. The van der Waals surface area contributed by atoms with Crippen LogP contribution in [-0.2, 0) is 9.09 Å². The molecule has 11 heavy (non-hydrogen) atoms. The second-order valence-corrected chi connectivity index (χ2v) is 2.85. The van der Waals surface area contributed by atoms with Crippen molar-refractivity contribution in [3.05, 3.63) is 35.5 Å². The summed E-state index contributed by atoms with van der Waals surface area (Å²) < 4.78 is 13.9. The van der Waals surface area contributed by atoms with Crippen LogP contribution in [0.5, 0.6) is 0 Å². The van der Waals surface area contributed by atoms with Gasteiger partial charge in [-0.25, -0.2) is 0 Å². The first-order valence-corrected chi connectivity index (χ1v) is 4.93. The molecule has 0 N–H and O–H groups in total. The van der Waals surface area contributed by atoms with E-state index in [1.54, 1.807) is 17.4 Å².